The summed E-state index contributed by atoms with van der Waals surface area (Å²) >= 11 is 0. The topological polar surface area (TPSA) is 112 Å². The monoisotopic (exact) mass is 352 g/mol. The first-order chi connectivity index (χ1) is 12.7. The molecule has 26 heavy (non-hydrogen) atoms. The lowest BCUT2D eigenvalue weighted by Gasteiger charge is -2.07. The number of aryl methyl sites for hydroxylation is 1. The number of hydrogen-bond donors (Lipinski definition) is 1. The number of carbonyl (C=O) groups excluding carboxylic acids is 1. The van der Waals surface area contributed by atoms with Gasteiger partial charge in [0.25, 0.3) is 5.91 Å². The van der Waals surface area contributed by atoms with Gasteiger partial charge in [-0.2, -0.15) is 4.98 Å². The molecule has 1 N–H and O–H groups in total. The van der Waals surface area contributed by atoms with Crippen LogP contribution in [0.3, 0.4) is 0 Å². The number of benzene rings is 1. The molecule has 0 radical (unpaired) electrons. The van der Waals surface area contributed by atoms with Gasteiger partial charge in [-0.25, -0.2) is 4.68 Å². The third kappa shape index (κ3) is 2.83. The molecule has 4 aromatic rings. The van der Waals surface area contributed by atoms with E-state index in [1.165, 1.54) is 6.26 Å². The van der Waals surface area contributed by atoms with E-state index in [9.17, 15) is 4.79 Å². The fraction of sp³-hybridized carbons (Fsp3) is 0.235. The van der Waals surface area contributed by atoms with E-state index in [4.69, 9.17) is 8.94 Å². The molecule has 4 rings (SSSR count). The average molecular weight is 352 g/mol. The molecule has 0 spiro atoms. The number of nitrogens with one attached hydrogen (secondary N) is 1. The molecule has 1 aromatic carbocycles. The van der Waals surface area contributed by atoms with Crippen molar-refractivity contribution in [1.82, 2.24) is 30.5 Å². The molecular weight excluding hydrogens is 336 g/mol. The van der Waals surface area contributed by atoms with Crippen molar-refractivity contribution in [2.75, 3.05) is 0 Å². The normalized spacial score (nSPS) is 12.4. The highest BCUT2D eigenvalue weighted by molar-refractivity contribution is 5.91. The van der Waals surface area contributed by atoms with Gasteiger partial charge in [-0.1, -0.05) is 10.4 Å². The summed E-state index contributed by atoms with van der Waals surface area (Å²) in [6.45, 7) is 4.51. The Kier molecular flexibility index (Phi) is 3.96. The van der Waals surface area contributed by atoms with E-state index in [0.29, 0.717) is 11.7 Å². The van der Waals surface area contributed by atoms with Crippen molar-refractivity contribution in [1.29, 1.82) is 0 Å². The van der Waals surface area contributed by atoms with Gasteiger partial charge in [0, 0.05) is 12.1 Å². The first kappa shape index (κ1) is 16.0. The van der Waals surface area contributed by atoms with Crippen molar-refractivity contribution in [3.63, 3.8) is 0 Å². The Morgan fingerprint density at radius 1 is 1.35 bits per heavy atom. The Morgan fingerprint density at radius 2 is 2.23 bits per heavy atom. The average Bonchev–Trinajstić information content (AvgIpc) is 3.40. The van der Waals surface area contributed by atoms with Crippen LogP contribution in [-0.2, 0) is 6.54 Å². The van der Waals surface area contributed by atoms with Crippen LogP contribution in [0.5, 0.6) is 0 Å². The van der Waals surface area contributed by atoms with Crippen LogP contribution in [0.25, 0.3) is 22.4 Å². The van der Waals surface area contributed by atoms with Gasteiger partial charge in [0.15, 0.2) is 5.76 Å². The third-order valence-corrected chi connectivity index (χ3v) is 3.98. The Hall–Kier alpha value is -3.49. The summed E-state index contributed by atoms with van der Waals surface area (Å²) in [6.07, 6.45) is 1.44. The fourth-order valence-corrected chi connectivity index (χ4v) is 2.61. The minimum absolute atomic E-state index is 0.223. The van der Waals surface area contributed by atoms with E-state index in [2.05, 4.69) is 25.8 Å². The van der Waals surface area contributed by atoms with Gasteiger partial charge in [0.05, 0.1) is 11.8 Å². The number of amides is 1. The Bertz CT molecular complexity index is 1050. The smallest absolute Gasteiger partial charge is 0.287 e. The SMILES string of the molecule is CCn1nnc2cc(-c3noc(C(C)NC(=O)c4ccco4)n3)ccc21. The number of fused-ring (bicyclic) bond motifs is 1. The Balaban J connectivity index is 1.54. The van der Waals surface area contributed by atoms with E-state index in [1.807, 2.05) is 29.8 Å². The zero-order chi connectivity index (χ0) is 18.1. The van der Waals surface area contributed by atoms with E-state index in [0.717, 1.165) is 23.1 Å². The van der Waals surface area contributed by atoms with Crippen LogP contribution in [0.4, 0.5) is 0 Å². The van der Waals surface area contributed by atoms with Crippen molar-refractivity contribution < 1.29 is 13.7 Å². The maximum atomic E-state index is 12.0. The standard InChI is InChI=1S/C17H16N6O3/c1-3-23-13-7-6-11(9-12(13)20-22-23)15-19-17(26-21-15)10(2)18-16(24)14-5-4-8-25-14/h4-10H,3H2,1-2H3,(H,18,24). The van der Waals surface area contributed by atoms with Crippen LogP contribution >= 0.6 is 0 Å². The molecule has 1 unspecified atom stereocenters. The lowest BCUT2D eigenvalue weighted by Crippen LogP contribution is -2.26. The lowest BCUT2D eigenvalue weighted by molar-refractivity contribution is 0.0904. The van der Waals surface area contributed by atoms with Gasteiger partial charge in [-0.05, 0) is 44.2 Å². The first-order valence-corrected chi connectivity index (χ1v) is 8.17. The maximum Gasteiger partial charge on any atom is 0.287 e. The zero-order valence-corrected chi connectivity index (χ0v) is 14.2. The van der Waals surface area contributed by atoms with Crippen molar-refractivity contribution in [3.8, 4) is 11.4 Å². The Labute approximate surface area is 148 Å². The van der Waals surface area contributed by atoms with Gasteiger partial charge >= 0.3 is 0 Å². The number of hydrogen-bond acceptors (Lipinski definition) is 7. The molecule has 0 fully saturated rings. The summed E-state index contributed by atoms with van der Waals surface area (Å²) in [5, 5.41) is 15.0. The molecule has 1 atom stereocenters. The van der Waals surface area contributed by atoms with Gasteiger partial charge in [-0.15, -0.1) is 5.10 Å². The van der Waals surface area contributed by atoms with Crippen LogP contribution < -0.4 is 5.32 Å². The predicted molar refractivity (Wildman–Crippen MR) is 91.1 cm³/mol. The second-order valence-electron chi connectivity index (χ2n) is 5.74. The second-order valence-corrected chi connectivity index (χ2v) is 5.74. The summed E-state index contributed by atoms with van der Waals surface area (Å²) in [4.78, 5) is 16.4. The van der Waals surface area contributed by atoms with Crippen LogP contribution in [-0.4, -0.2) is 31.0 Å². The zero-order valence-electron chi connectivity index (χ0n) is 14.2. The molecular formula is C17H16N6O3. The summed E-state index contributed by atoms with van der Waals surface area (Å²) in [6, 6.07) is 8.44. The molecule has 9 nitrogen and oxygen atoms in total. The molecule has 3 heterocycles. The van der Waals surface area contributed by atoms with Crippen LogP contribution in [0.1, 0.15) is 36.3 Å². The minimum atomic E-state index is -0.460. The number of nitrogens with zero attached hydrogens (tertiary/aromatic N) is 5. The number of carbonyl (C=O) groups is 1. The molecule has 0 saturated heterocycles. The number of aromatic nitrogens is 5. The highest BCUT2D eigenvalue weighted by Crippen LogP contribution is 2.22. The van der Waals surface area contributed by atoms with Gasteiger partial charge < -0.3 is 14.3 Å². The van der Waals surface area contributed by atoms with Gasteiger partial charge in [-0.3, -0.25) is 4.79 Å². The molecule has 9 heteroatoms. The molecule has 0 saturated carbocycles. The molecule has 0 aliphatic heterocycles. The van der Waals surface area contributed by atoms with Crippen LogP contribution in [0, 0.1) is 0 Å². The summed E-state index contributed by atoms with van der Waals surface area (Å²) in [7, 11) is 0. The van der Waals surface area contributed by atoms with E-state index >= 15 is 0 Å². The van der Waals surface area contributed by atoms with E-state index in [1.54, 1.807) is 19.1 Å². The molecule has 3 aromatic heterocycles. The van der Waals surface area contributed by atoms with Crippen molar-refractivity contribution in [2.45, 2.75) is 26.4 Å². The fourth-order valence-electron chi connectivity index (χ4n) is 2.61. The van der Waals surface area contributed by atoms with Crippen LogP contribution in [0.2, 0.25) is 0 Å². The van der Waals surface area contributed by atoms with Crippen LogP contribution in [0.15, 0.2) is 45.5 Å². The van der Waals surface area contributed by atoms with Crippen molar-refractivity contribution in [2.24, 2.45) is 0 Å². The lowest BCUT2D eigenvalue weighted by atomic mass is 10.2. The van der Waals surface area contributed by atoms with Gasteiger partial charge in [0.1, 0.15) is 11.6 Å². The molecule has 0 bridgehead atoms. The third-order valence-electron chi connectivity index (χ3n) is 3.98. The summed E-state index contributed by atoms with van der Waals surface area (Å²) in [5.74, 6) is 0.602. The highest BCUT2D eigenvalue weighted by Gasteiger charge is 2.19. The second kappa shape index (κ2) is 6.43. The maximum absolute atomic E-state index is 12.0. The number of rotatable bonds is 5. The summed E-state index contributed by atoms with van der Waals surface area (Å²) < 4.78 is 12.2. The van der Waals surface area contributed by atoms with Crippen molar-refractivity contribution >= 4 is 16.9 Å². The first-order valence-electron chi connectivity index (χ1n) is 8.17. The van der Waals surface area contributed by atoms with Crippen molar-refractivity contribution in [3.05, 3.63) is 48.2 Å². The predicted octanol–water partition coefficient (Wildman–Crippen LogP) is 2.59. The molecule has 132 valence electrons. The largest absolute Gasteiger partial charge is 0.459 e. The van der Waals surface area contributed by atoms with Gasteiger partial charge in [0.2, 0.25) is 11.7 Å². The molecule has 1 amide bonds. The minimum Gasteiger partial charge on any atom is -0.459 e. The molecule has 0 aliphatic carbocycles. The Morgan fingerprint density at radius 3 is 3.00 bits per heavy atom. The molecule has 0 aliphatic rings. The quantitative estimate of drug-likeness (QED) is 0.587. The summed E-state index contributed by atoms with van der Waals surface area (Å²) in [5.41, 5.74) is 2.47. The van der Waals surface area contributed by atoms with E-state index in [-0.39, 0.29) is 11.7 Å². The van der Waals surface area contributed by atoms with E-state index < -0.39 is 6.04 Å². The number of furan rings is 1. The highest BCUT2D eigenvalue weighted by atomic mass is 16.5.